The molecule has 0 aliphatic carbocycles. The van der Waals surface area contributed by atoms with Crippen molar-refractivity contribution >= 4 is 5.95 Å². The lowest BCUT2D eigenvalue weighted by molar-refractivity contribution is 0.265. The number of anilines is 1. The molecule has 0 aliphatic heterocycles. The average molecular weight is 237 g/mol. The lowest BCUT2D eigenvalue weighted by Crippen LogP contribution is -2.33. The van der Waals surface area contributed by atoms with E-state index in [1.807, 2.05) is 18.9 Å². The molecule has 1 aromatic heterocycles. The van der Waals surface area contributed by atoms with Gasteiger partial charge in [0, 0.05) is 25.4 Å². The minimum Gasteiger partial charge on any atom is -0.345 e. The summed E-state index contributed by atoms with van der Waals surface area (Å²) in [5.74, 6) is 1.16. The SMILES string of the molecule is Cc1cc(=O)[nH]c(N(C)CC(C)C(C)(C)C)n1. The summed E-state index contributed by atoms with van der Waals surface area (Å²) in [4.78, 5) is 20.5. The van der Waals surface area contributed by atoms with Crippen molar-refractivity contribution in [2.24, 2.45) is 11.3 Å². The first kappa shape index (κ1) is 13.7. The molecule has 17 heavy (non-hydrogen) atoms. The number of aryl methyl sites for hydroxylation is 1. The standard InChI is InChI=1S/C13H23N3O/c1-9(13(3,4)5)8-16(6)12-14-10(2)7-11(17)15-12/h7,9H,8H2,1-6H3,(H,14,15,17). The monoisotopic (exact) mass is 237 g/mol. The molecule has 0 aromatic carbocycles. The Morgan fingerprint density at radius 2 is 2.06 bits per heavy atom. The topological polar surface area (TPSA) is 49.0 Å². The zero-order valence-corrected chi connectivity index (χ0v) is 11.7. The van der Waals surface area contributed by atoms with E-state index in [2.05, 4.69) is 37.7 Å². The third-order valence-electron chi connectivity index (χ3n) is 3.24. The Bertz CT molecular complexity index is 431. The molecule has 0 amide bonds. The third kappa shape index (κ3) is 3.88. The van der Waals surface area contributed by atoms with Gasteiger partial charge in [-0.3, -0.25) is 9.78 Å². The molecular weight excluding hydrogens is 214 g/mol. The second-order valence-electron chi connectivity index (χ2n) is 5.86. The van der Waals surface area contributed by atoms with Crippen LogP contribution in [-0.2, 0) is 0 Å². The molecule has 1 unspecified atom stereocenters. The second kappa shape index (κ2) is 4.90. The molecule has 0 saturated carbocycles. The molecule has 4 heteroatoms. The molecule has 0 radical (unpaired) electrons. The highest BCUT2D eigenvalue weighted by Gasteiger charge is 2.22. The van der Waals surface area contributed by atoms with E-state index in [9.17, 15) is 4.79 Å². The number of nitrogens with zero attached hydrogens (tertiary/aromatic N) is 2. The van der Waals surface area contributed by atoms with Crippen molar-refractivity contribution in [1.82, 2.24) is 9.97 Å². The fourth-order valence-corrected chi connectivity index (χ4v) is 1.52. The fourth-order valence-electron chi connectivity index (χ4n) is 1.52. The fraction of sp³-hybridized carbons (Fsp3) is 0.692. The molecule has 0 saturated heterocycles. The van der Waals surface area contributed by atoms with Crippen molar-refractivity contribution in [3.63, 3.8) is 0 Å². The Morgan fingerprint density at radius 3 is 2.53 bits per heavy atom. The van der Waals surface area contributed by atoms with Gasteiger partial charge >= 0.3 is 0 Å². The van der Waals surface area contributed by atoms with E-state index >= 15 is 0 Å². The summed E-state index contributed by atoms with van der Waals surface area (Å²) in [6.45, 7) is 11.6. The predicted molar refractivity (Wildman–Crippen MR) is 71.5 cm³/mol. The van der Waals surface area contributed by atoms with Crippen LogP contribution in [0.15, 0.2) is 10.9 Å². The van der Waals surface area contributed by atoms with Crippen molar-refractivity contribution in [2.75, 3.05) is 18.5 Å². The molecule has 1 aromatic rings. The van der Waals surface area contributed by atoms with Crippen LogP contribution in [0.2, 0.25) is 0 Å². The van der Waals surface area contributed by atoms with Crippen LogP contribution in [0.1, 0.15) is 33.4 Å². The second-order valence-corrected chi connectivity index (χ2v) is 5.86. The zero-order valence-electron chi connectivity index (χ0n) is 11.7. The van der Waals surface area contributed by atoms with Gasteiger partial charge in [-0.25, -0.2) is 4.98 Å². The first-order valence-corrected chi connectivity index (χ1v) is 5.99. The van der Waals surface area contributed by atoms with Gasteiger partial charge in [0.1, 0.15) is 0 Å². The Labute approximate surface area is 103 Å². The van der Waals surface area contributed by atoms with Crippen LogP contribution in [0.5, 0.6) is 0 Å². The van der Waals surface area contributed by atoms with Gasteiger partial charge < -0.3 is 4.90 Å². The predicted octanol–water partition coefficient (Wildman–Crippen LogP) is 2.20. The molecule has 0 aliphatic rings. The van der Waals surface area contributed by atoms with Crippen LogP contribution in [0.25, 0.3) is 0 Å². The van der Waals surface area contributed by atoms with Gasteiger partial charge in [-0.1, -0.05) is 27.7 Å². The molecule has 0 fully saturated rings. The minimum absolute atomic E-state index is 0.0947. The number of nitrogens with one attached hydrogen (secondary N) is 1. The average Bonchev–Trinajstić information content (AvgIpc) is 2.14. The zero-order chi connectivity index (χ0) is 13.2. The first-order valence-electron chi connectivity index (χ1n) is 5.99. The summed E-state index contributed by atoms with van der Waals surface area (Å²) in [6, 6.07) is 1.50. The number of aromatic amines is 1. The number of hydrogen-bond acceptors (Lipinski definition) is 3. The molecule has 96 valence electrons. The highest BCUT2D eigenvalue weighted by molar-refractivity contribution is 5.28. The van der Waals surface area contributed by atoms with Gasteiger partial charge in [-0.05, 0) is 18.3 Å². The van der Waals surface area contributed by atoms with Crippen molar-refractivity contribution in [3.05, 3.63) is 22.1 Å². The summed E-state index contributed by atoms with van der Waals surface area (Å²) in [5, 5.41) is 0. The Kier molecular flexibility index (Phi) is 3.96. The summed E-state index contributed by atoms with van der Waals surface area (Å²) in [6.07, 6.45) is 0. The van der Waals surface area contributed by atoms with Crippen LogP contribution in [0.4, 0.5) is 5.95 Å². The molecule has 0 bridgehead atoms. The van der Waals surface area contributed by atoms with E-state index in [0.29, 0.717) is 11.9 Å². The quantitative estimate of drug-likeness (QED) is 0.876. The highest BCUT2D eigenvalue weighted by atomic mass is 16.1. The van der Waals surface area contributed by atoms with E-state index in [1.165, 1.54) is 6.07 Å². The molecule has 4 nitrogen and oxygen atoms in total. The summed E-state index contributed by atoms with van der Waals surface area (Å²) in [5.41, 5.74) is 0.903. The lowest BCUT2D eigenvalue weighted by Gasteiger charge is -2.31. The van der Waals surface area contributed by atoms with Crippen molar-refractivity contribution in [2.45, 2.75) is 34.6 Å². The van der Waals surface area contributed by atoms with E-state index in [0.717, 1.165) is 12.2 Å². The van der Waals surface area contributed by atoms with Gasteiger partial charge in [0.25, 0.3) is 5.56 Å². The van der Waals surface area contributed by atoms with E-state index in [-0.39, 0.29) is 11.0 Å². The molecule has 1 rings (SSSR count). The van der Waals surface area contributed by atoms with Gasteiger partial charge in [0.15, 0.2) is 0 Å². The van der Waals surface area contributed by atoms with Crippen molar-refractivity contribution in [3.8, 4) is 0 Å². The van der Waals surface area contributed by atoms with Crippen LogP contribution in [0, 0.1) is 18.3 Å². The first-order chi connectivity index (χ1) is 7.70. The molecular formula is C13H23N3O. The molecule has 0 spiro atoms. The minimum atomic E-state index is -0.0947. The number of rotatable bonds is 3. The number of H-pyrrole nitrogens is 1. The van der Waals surface area contributed by atoms with E-state index in [4.69, 9.17) is 0 Å². The number of aromatic nitrogens is 2. The Hall–Kier alpha value is -1.32. The highest BCUT2D eigenvalue weighted by Crippen LogP contribution is 2.26. The summed E-state index contributed by atoms with van der Waals surface area (Å²) in [7, 11) is 1.96. The molecule has 1 heterocycles. The third-order valence-corrected chi connectivity index (χ3v) is 3.24. The van der Waals surface area contributed by atoms with E-state index in [1.54, 1.807) is 0 Å². The molecule has 1 atom stereocenters. The Morgan fingerprint density at radius 1 is 1.47 bits per heavy atom. The number of hydrogen-bond donors (Lipinski definition) is 1. The van der Waals surface area contributed by atoms with E-state index < -0.39 is 0 Å². The smallest absolute Gasteiger partial charge is 0.252 e. The lowest BCUT2D eigenvalue weighted by atomic mass is 9.82. The maximum Gasteiger partial charge on any atom is 0.252 e. The maximum absolute atomic E-state index is 11.4. The summed E-state index contributed by atoms with van der Waals surface area (Å²) >= 11 is 0. The molecule has 1 N–H and O–H groups in total. The van der Waals surface area contributed by atoms with Crippen LogP contribution < -0.4 is 10.5 Å². The Balaban J connectivity index is 2.83. The summed E-state index contributed by atoms with van der Waals surface area (Å²) < 4.78 is 0. The van der Waals surface area contributed by atoms with Gasteiger partial charge in [-0.2, -0.15) is 0 Å². The maximum atomic E-state index is 11.4. The normalized spacial score (nSPS) is 13.5. The largest absolute Gasteiger partial charge is 0.345 e. The van der Waals surface area contributed by atoms with Crippen LogP contribution in [0.3, 0.4) is 0 Å². The van der Waals surface area contributed by atoms with Crippen LogP contribution >= 0.6 is 0 Å². The van der Waals surface area contributed by atoms with Crippen molar-refractivity contribution < 1.29 is 0 Å². The van der Waals surface area contributed by atoms with Gasteiger partial charge in [0.2, 0.25) is 5.95 Å². The van der Waals surface area contributed by atoms with Gasteiger partial charge in [-0.15, -0.1) is 0 Å². The van der Waals surface area contributed by atoms with Crippen molar-refractivity contribution in [1.29, 1.82) is 0 Å². The van der Waals surface area contributed by atoms with Crippen LogP contribution in [-0.4, -0.2) is 23.6 Å². The van der Waals surface area contributed by atoms with Gasteiger partial charge in [0.05, 0.1) is 0 Å².